The van der Waals surface area contributed by atoms with E-state index in [0.29, 0.717) is 33.6 Å². The van der Waals surface area contributed by atoms with Gasteiger partial charge in [-0.25, -0.2) is 14.5 Å². The molecule has 5 aromatic rings. The number of fused-ring (bicyclic) bond motifs is 2. The second-order valence-electron chi connectivity index (χ2n) is 6.76. The van der Waals surface area contributed by atoms with Crippen LogP contribution in [0.2, 0.25) is 5.02 Å². The van der Waals surface area contributed by atoms with Gasteiger partial charge in [-0.3, -0.25) is 4.79 Å². The van der Waals surface area contributed by atoms with Crippen LogP contribution in [0.1, 0.15) is 0 Å². The maximum Gasteiger partial charge on any atom is 0.288 e. The van der Waals surface area contributed by atoms with Crippen molar-refractivity contribution in [3.8, 4) is 23.1 Å². The standard InChI is InChI=1S/C23H14ClN3O4S/c1-29-18-10-11-25-20-21(18)31-23(32)27(22(20)28)14-7-8-16-13(12-14)6-9-19(26-16)30-17-5-3-2-4-15(17)24/h2-12H,1H3. The van der Waals surface area contributed by atoms with Crippen LogP contribution in [0.25, 0.3) is 27.7 Å². The van der Waals surface area contributed by atoms with Crippen molar-refractivity contribution in [2.24, 2.45) is 0 Å². The molecule has 3 heterocycles. The van der Waals surface area contributed by atoms with Gasteiger partial charge < -0.3 is 13.9 Å². The number of hydrogen-bond donors (Lipinski definition) is 0. The molecule has 7 nitrogen and oxygen atoms in total. The molecule has 3 aromatic heterocycles. The first-order valence-electron chi connectivity index (χ1n) is 9.47. The highest BCUT2D eigenvalue weighted by atomic mass is 35.5. The molecule has 0 bridgehead atoms. The summed E-state index contributed by atoms with van der Waals surface area (Å²) in [5.41, 5.74) is 1.14. The van der Waals surface area contributed by atoms with E-state index in [4.69, 9.17) is 37.7 Å². The van der Waals surface area contributed by atoms with Crippen molar-refractivity contribution in [3.05, 3.63) is 87.1 Å². The van der Waals surface area contributed by atoms with E-state index < -0.39 is 5.56 Å². The number of nitrogens with zero attached hydrogens (tertiary/aromatic N) is 3. The topological polar surface area (TPSA) is 79.4 Å². The highest BCUT2D eigenvalue weighted by Gasteiger charge is 2.15. The third-order valence-corrected chi connectivity index (χ3v) is 5.40. The number of pyridine rings is 2. The number of benzene rings is 2. The van der Waals surface area contributed by atoms with Gasteiger partial charge in [-0.1, -0.05) is 23.7 Å². The molecule has 0 fully saturated rings. The fourth-order valence-electron chi connectivity index (χ4n) is 3.32. The first kappa shape index (κ1) is 20.2. The van der Waals surface area contributed by atoms with Gasteiger partial charge in [-0.05, 0) is 48.6 Å². The van der Waals surface area contributed by atoms with Crippen molar-refractivity contribution in [3.63, 3.8) is 0 Å². The fourth-order valence-corrected chi connectivity index (χ4v) is 3.76. The van der Waals surface area contributed by atoms with Gasteiger partial charge in [0, 0.05) is 23.7 Å². The molecule has 5 rings (SSSR count). The molecule has 0 radical (unpaired) electrons. The summed E-state index contributed by atoms with van der Waals surface area (Å²) in [6, 6.07) is 17.6. The molecule has 32 heavy (non-hydrogen) atoms. The zero-order valence-corrected chi connectivity index (χ0v) is 18.2. The smallest absolute Gasteiger partial charge is 0.288 e. The Morgan fingerprint density at radius 1 is 1.06 bits per heavy atom. The molecule has 0 N–H and O–H groups in total. The predicted octanol–water partition coefficient (Wildman–Crippen LogP) is 5.71. The van der Waals surface area contributed by atoms with Crippen LogP contribution in [0.3, 0.4) is 0 Å². The van der Waals surface area contributed by atoms with Crippen molar-refractivity contribution in [1.29, 1.82) is 0 Å². The average Bonchev–Trinajstić information content (AvgIpc) is 2.80. The average molecular weight is 464 g/mol. The molecule has 0 aliphatic heterocycles. The summed E-state index contributed by atoms with van der Waals surface area (Å²) in [6.07, 6.45) is 1.48. The lowest BCUT2D eigenvalue weighted by Gasteiger charge is -2.10. The molecule has 0 spiro atoms. The number of ether oxygens (including phenoxy) is 2. The van der Waals surface area contributed by atoms with Gasteiger partial charge in [0.25, 0.3) is 10.4 Å². The molecule has 9 heteroatoms. The van der Waals surface area contributed by atoms with E-state index in [0.717, 1.165) is 5.39 Å². The Balaban J connectivity index is 1.59. The van der Waals surface area contributed by atoms with Crippen LogP contribution in [0.15, 0.2) is 76.1 Å². The first-order chi connectivity index (χ1) is 15.5. The van der Waals surface area contributed by atoms with Crippen LogP contribution in [0.4, 0.5) is 0 Å². The molecule has 0 aliphatic carbocycles. The Morgan fingerprint density at radius 2 is 1.91 bits per heavy atom. The SMILES string of the molecule is COc1ccnc2c(=O)n(-c3ccc4nc(Oc5ccccc5Cl)ccc4c3)c(=S)oc12. The van der Waals surface area contributed by atoms with Crippen LogP contribution >= 0.6 is 23.8 Å². The lowest BCUT2D eigenvalue weighted by molar-refractivity contribution is 0.404. The fraction of sp³-hybridized carbons (Fsp3) is 0.0435. The van der Waals surface area contributed by atoms with Gasteiger partial charge in [0.1, 0.15) is 5.75 Å². The number of rotatable bonds is 4. The molecular formula is C23H14ClN3O4S. The largest absolute Gasteiger partial charge is 0.493 e. The molecule has 0 amide bonds. The van der Waals surface area contributed by atoms with Gasteiger partial charge in [0.2, 0.25) is 11.5 Å². The van der Waals surface area contributed by atoms with E-state index >= 15 is 0 Å². The van der Waals surface area contributed by atoms with E-state index in [2.05, 4.69) is 9.97 Å². The second-order valence-corrected chi connectivity index (χ2v) is 7.51. The number of para-hydroxylation sites is 1. The Bertz CT molecular complexity index is 1610. The molecule has 0 unspecified atom stereocenters. The van der Waals surface area contributed by atoms with E-state index in [1.54, 1.807) is 42.5 Å². The third kappa shape index (κ3) is 3.49. The number of aromatic nitrogens is 3. The monoisotopic (exact) mass is 463 g/mol. The summed E-state index contributed by atoms with van der Waals surface area (Å²) in [6.45, 7) is 0. The maximum absolute atomic E-state index is 13.1. The second kappa shape index (κ2) is 8.07. The van der Waals surface area contributed by atoms with E-state index in [1.807, 2.05) is 18.2 Å². The van der Waals surface area contributed by atoms with Crippen molar-refractivity contribution in [2.75, 3.05) is 7.11 Å². The summed E-state index contributed by atoms with van der Waals surface area (Å²) in [7, 11) is 1.49. The zero-order chi connectivity index (χ0) is 22.2. The van der Waals surface area contributed by atoms with E-state index in [9.17, 15) is 4.79 Å². The number of hydrogen-bond acceptors (Lipinski definition) is 7. The van der Waals surface area contributed by atoms with Crippen LogP contribution in [0, 0.1) is 4.84 Å². The minimum Gasteiger partial charge on any atom is -0.493 e. The molecular weight excluding hydrogens is 450 g/mol. The summed E-state index contributed by atoms with van der Waals surface area (Å²) in [5, 5.41) is 1.28. The molecule has 158 valence electrons. The first-order valence-corrected chi connectivity index (χ1v) is 10.3. The Kier molecular flexibility index (Phi) is 5.08. The number of methoxy groups -OCH3 is 1. The minimum absolute atomic E-state index is 0.0141. The van der Waals surface area contributed by atoms with Crippen LogP contribution in [-0.2, 0) is 0 Å². The Hall–Kier alpha value is -3.75. The van der Waals surface area contributed by atoms with Crippen LogP contribution in [-0.4, -0.2) is 21.6 Å². The Labute approximate surface area is 191 Å². The highest BCUT2D eigenvalue weighted by Crippen LogP contribution is 2.29. The molecule has 0 aliphatic rings. The number of halogens is 1. The lowest BCUT2D eigenvalue weighted by Crippen LogP contribution is -2.20. The molecule has 2 aromatic carbocycles. The summed E-state index contributed by atoms with van der Waals surface area (Å²) < 4.78 is 18.0. The van der Waals surface area contributed by atoms with Gasteiger partial charge in [0.15, 0.2) is 11.3 Å². The third-order valence-electron chi connectivity index (χ3n) is 4.82. The Morgan fingerprint density at radius 3 is 2.72 bits per heavy atom. The molecule has 0 saturated heterocycles. The maximum atomic E-state index is 13.1. The van der Waals surface area contributed by atoms with Crippen LogP contribution in [0.5, 0.6) is 17.4 Å². The van der Waals surface area contributed by atoms with Crippen molar-refractivity contribution in [2.45, 2.75) is 0 Å². The zero-order valence-electron chi connectivity index (χ0n) is 16.6. The van der Waals surface area contributed by atoms with Gasteiger partial charge in [0.05, 0.1) is 23.3 Å². The van der Waals surface area contributed by atoms with Gasteiger partial charge in [-0.2, -0.15) is 0 Å². The van der Waals surface area contributed by atoms with Gasteiger partial charge in [-0.15, -0.1) is 0 Å². The lowest BCUT2D eigenvalue weighted by atomic mass is 10.2. The van der Waals surface area contributed by atoms with Gasteiger partial charge >= 0.3 is 0 Å². The normalized spacial score (nSPS) is 11.1. The van der Waals surface area contributed by atoms with Crippen molar-refractivity contribution >= 4 is 45.8 Å². The van der Waals surface area contributed by atoms with E-state index in [1.165, 1.54) is 17.9 Å². The quantitative estimate of drug-likeness (QED) is 0.316. The summed E-state index contributed by atoms with van der Waals surface area (Å²) in [5.74, 6) is 1.30. The van der Waals surface area contributed by atoms with E-state index in [-0.39, 0.29) is 15.9 Å². The molecule has 0 saturated carbocycles. The predicted molar refractivity (Wildman–Crippen MR) is 124 cm³/mol. The van der Waals surface area contributed by atoms with Crippen LogP contribution < -0.4 is 15.0 Å². The van der Waals surface area contributed by atoms with Crippen molar-refractivity contribution in [1.82, 2.24) is 14.5 Å². The highest BCUT2D eigenvalue weighted by molar-refractivity contribution is 7.71. The summed E-state index contributed by atoms with van der Waals surface area (Å²) >= 11 is 11.5. The van der Waals surface area contributed by atoms with Crippen molar-refractivity contribution < 1.29 is 13.9 Å². The summed E-state index contributed by atoms with van der Waals surface area (Å²) in [4.78, 5) is 21.8. The minimum atomic E-state index is -0.402. The molecule has 0 atom stereocenters.